The van der Waals surface area contributed by atoms with Crippen LogP contribution in [-0.4, -0.2) is 18.1 Å². The van der Waals surface area contributed by atoms with Gasteiger partial charge in [-0.05, 0) is 24.3 Å². The Morgan fingerprint density at radius 1 is 1.14 bits per heavy atom. The number of halogens is 2. The molecule has 0 fully saturated rings. The summed E-state index contributed by atoms with van der Waals surface area (Å²) >= 11 is 12.0. The van der Waals surface area contributed by atoms with E-state index in [9.17, 15) is 4.79 Å². The molecule has 0 spiro atoms. The number of methoxy groups -OCH3 is 1. The molecule has 0 aliphatic rings. The average molecular weight is 335 g/mol. The van der Waals surface area contributed by atoms with E-state index < -0.39 is 5.97 Å². The lowest BCUT2D eigenvalue weighted by atomic mass is 10.1. The Balaban J connectivity index is 2.11. The monoisotopic (exact) mass is 334 g/mol. The van der Waals surface area contributed by atoms with Gasteiger partial charge in [-0.1, -0.05) is 41.4 Å². The maximum atomic E-state index is 12.1. The van der Waals surface area contributed by atoms with Crippen LogP contribution in [0.4, 0.5) is 11.5 Å². The summed E-state index contributed by atoms with van der Waals surface area (Å²) in [6.45, 7) is 0. The van der Waals surface area contributed by atoms with E-state index in [0.717, 1.165) is 10.9 Å². The Bertz CT molecular complexity index is 838. The van der Waals surface area contributed by atoms with Crippen LogP contribution < -0.4 is 5.32 Å². The first-order chi connectivity index (χ1) is 10.6. The van der Waals surface area contributed by atoms with Crippen LogP contribution in [0, 0.1) is 0 Å². The SMILES string of the molecule is COC(=O)c1c(Nc2cc(Cl)cc(Cl)c2)[nH]c2ccccc12. The number of carbonyl (C=O) groups is 1. The quantitative estimate of drug-likeness (QED) is 0.662. The molecule has 0 saturated heterocycles. The third kappa shape index (κ3) is 2.75. The molecule has 3 aromatic rings. The smallest absolute Gasteiger partial charge is 0.342 e. The van der Waals surface area contributed by atoms with Gasteiger partial charge in [-0.3, -0.25) is 0 Å². The standard InChI is InChI=1S/C16H12Cl2N2O2/c1-22-16(21)14-12-4-2-3-5-13(12)20-15(14)19-11-7-9(17)6-10(18)8-11/h2-8,19-20H,1H3. The van der Waals surface area contributed by atoms with Gasteiger partial charge in [-0.25, -0.2) is 4.79 Å². The van der Waals surface area contributed by atoms with E-state index in [4.69, 9.17) is 27.9 Å². The molecule has 0 radical (unpaired) electrons. The van der Waals surface area contributed by atoms with E-state index >= 15 is 0 Å². The number of nitrogens with one attached hydrogen (secondary N) is 2. The molecule has 3 rings (SSSR count). The van der Waals surface area contributed by atoms with Crippen LogP contribution in [0.25, 0.3) is 10.9 Å². The Labute approximate surface area is 137 Å². The first-order valence-electron chi connectivity index (χ1n) is 6.50. The van der Waals surface area contributed by atoms with Gasteiger partial charge in [0.2, 0.25) is 0 Å². The van der Waals surface area contributed by atoms with Crippen molar-refractivity contribution in [2.24, 2.45) is 0 Å². The molecular weight excluding hydrogens is 323 g/mol. The van der Waals surface area contributed by atoms with Crippen molar-refractivity contribution in [2.45, 2.75) is 0 Å². The van der Waals surface area contributed by atoms with Crippen molar-refractivity contribution in [3.63, 3.8) is 0 Å². The van der Waals surface area contributed by atoms with E-state index in [1.54, 1.807) is 18.2 Å². The van der Waals surface area contributed by atoms with Gasteiger partial charge < -0.3 is 15.0 Å². The molecule has 0 atom stereocenters. The fraction of sp³-hybridized carbons (Fsp3) is 0.0625. The largest absolute Gasteiger partial charge is 0.465 e. The van der Waals surface area contributed by atoms with Gasteiger partial charge in [0.25, 0.3) is 0 Å². The Morgan fingerprint density at radius 2 is 1.82 bits per heavy atom. The highest BCUT2D eigenvalue weighted by molar-refractivity contribution is 6.35. The molecule has 6 heteroatoms. The van der Waals surface area contributed by atoms with Crippen LogP contribution in [0.3, 0.4) is 0 Å². The second-order valence-corrected chi connectivity index (χ2v) is 5.57. The zero-order valence-corrected chi connectivity index (χ0v) is 13.1. The number of anilines is 2. The van der Waals surface area contributed by atoms with Crippen molar-refractivity contribution in [3.05, 3.63) is 58.1 Å². The molecule has 0 unspecified atom stereocenters. The van der Waals surface area contributed by atoms with Gasteiger partial charge >= 0.3 is 5.97 Å². The number of esters is 1. The van der Waals surface area contributed by atoms with Gasteiger partial charge in [-0.15, -0.1) is 0 Å². The normalized spacial score (nSPS) is 10.7. The van der Waals surface area contributed by atoms with Crippen LogP contribution in [0.2, 0.25) is 10.0 Å². The molecule has 112 valence electrons. The molecule has 0 amide bonds. The maximum Gasteiger partial charge on any atom is 0.342 e. The molecule has 2 aromatic carbocycles. The number of hydrogen-bond acceptors (Lipinski definition) is 3. The molecule has 0 saturated carbocycles. The highest BCUT2D eigenvalue weighted by Gasteiger charge is 2.19. The number of aromatic nitrogens is 1. The number of hydrogen-bond donors (Lipinski definition) is 2. The summed E-state index contributed by atoms with van der Waals surface area (Å²) in [4.78, 5) is 15.3. The molecule has 22 heavy (non-hydrogen) atoms. The second kappa shape index (κ2) is 5.91. The Morgan fingerprint density at radius 3 is 2.50 bits per heavy atom. The molecule has 0 bridgehead atoms. The third-order valence-electron chi connectivity index (χ3n) is 3.23. The summed E-state index contributed by atoms with van der Waals surface area (Å²) in [5.41, 5.74) is 1.95. The number of ether oxygens (including phenoxy) is 1. The van der Waals surface area contributed by atoms with Gasteiger partial charge in [0.15, 0.2) is 0 Å². The van der Waals surface area contributed by atoms with Crippen LogP contribution in [0.5, 0.6) is 0 Å². The van der Waals surface area contributed by atoms with Crippen molar-refractivity contribution < 1.29 is 9.53 Å². The van der Waals surface area contributed by atoms with E-state index in [1.807, 2.05) is 24.3 Å². The van der Waals surface area contributed by atoms with E-state index in [0.29, 0.717) is 27.1 Å². The summed E-state index contributed by atoms with van der Waals surface area (Å²) in [7, 11) is 1.35. The van der Waals surface area contributed by atoms with Crippen molar-refractivity contribution >= 4 is 51.6 Å². The Kier molecular flexibility index (Phi) is 3.96. The first-order valence-corrected chi connectivity index (χ1v) is 7.26. The first kappa shape index (κ1) is 14.8. The molecular formula is C16H12Cl2N2O2. The number of H-pyrrole nitrogens is 1. The minimum Gasteiger partial charge on any atom is -0.465 e. The summed E-state index contributed by atoms with van der Waals surface area (Å²) in [6, 6.07) is 12.6. The predicted molar refractivity (Wildman–Crippen MR) is 89.4 cm³/mol. The minimum atomic E-state index is -0.423. The van der Waals surface area contributed by atoms with Crippen LogP contribution in [-0.2, 0) is 4.74 Å². The molecule has 1 aromatic heterocycles. The molecule has 0 aliphatic carbocycles. The summed E-state index contributed by atoms with van der Waals surface area (Å²) in [5.74, 6) is 0.111. The van der Waals surface area contributed by atoms with E-state index in [2.05, 4.69) is 10.3 Å². The lowest BCUT2D eigenvalue weighted by Crippen LogP contribution is -2.04. The maximum absolute atomic E-state index is 12.1. The van der Waals surface area contributed by atoms with Crippen molar-refractivity contribution in [1.29, 1.82) is 0 Å². The molecule has 0 aliphatic heterocycles. The molecule has 2 N–H and O–H groups in total. The van der Waals surface area contributed by atoms with Crippen LogP contribution in [0.1, 0.15) is 10.4 Å². The number of para-hydroxylation sites is 1. The molecule has 4 nitrogen and oxygen atoms in total. The number of benzene rings is 2. The number of fused-ring (bicyclic) bond motifs is 1. The fourth-order valence-corrected chi connectivity index (χ4v) is 2.85. The highest BCUT2D eigenvalue weighted by atomic mass is 35.5. The Hall–Kier alpha value is -2.17. The zero-order valence-electron chi connectivity index (χ0n) is 11.6. The lowest BCUT2D eigenvalue weighted by Gasteiger charge is -2.08. The van der Waals surface area contributed by atoms with Crippen LogP contribution >= 0.6 is 23.2 Å². The summed E-state index contributed by atoms with van der Waals surface area (Å²) in [5, 5.41) is 4.93. The summed E-state index contributed by atoms with van der Waals surface area (Å²) < 4.78 is 4.88. The van der Waals surface area contributed by atoms with Gasteiger partial charge in [0.05, 0.1) is 7.11 Å². The summed E-state index contributed by atoms with van der Waals surface area (Å²) in [6.07, 6.45) is 0. The number of carbonyl (C=O) groups excluding carboxylic acids is 1. The van der Waals surface area contributed by atoms with Gasteiger partial charge in [-0.2, -0.15) is 0 Å². The van der Waals surface area contributed by atoms with Gasteiger partial charge in [0.1, 0.15) is 11.4 Å². The predicted octanol–water partition coefficient (Wildman–Crippen LogP) is 5.00. The fourth-order valence-electron chi connectivity index (χ4n) is 2.32. The zero-order chi connectivity index (χ0) is 15.7. The number of rotatable bonds is 3. The van der Waals surface area contributed by atoms with E-state index in [1.165, 1.54) is 7.11 Å². The molecule has 1 heterocycles. The third-order valence-corrected chi connectivity index (χ3v) is 3.66. The van der Waals surface area contributed by atoms with E-state index in [-0.39, 0.29) is 0 Å². The van der Waals surface area contributed by atoms with Crippen LogP contribution in [0.15, 0.2) is 42.5 Å². The van der Waals surface area contributed by atoms with Crippen molar-refractivity contribution in [2.75, 3.05) is 12.4 Å². The topological polar surface area (TPSA) is 54.1 Å². The van der Waals surface area contributed by atoms with Crippen molar-refractivity contribution in [1.82, 2.24) is 4.98 Å². The minimum absolute atomic E-state index is 0.423. The average Bonchev–Trinajstić information content (AvgIpc) is 2.83. The highest BCUT2D eigenvalue weighted by Crippen LogP contribution is 2.31. The second-order valence-electron chi connectivity index (χ2n) is 4.70. The number of aromatic amines is 1. The van der Waals surface area contributed by atoms with Crippen molar-refractivity contribution in [3.8, 4) is 0 Å². The lowest BCUT2D eigenvalue weighted by molar-refractivity contribution is 0.0604. The van der Waals surface area contributed by atoms with Gasteiger partial charge in [0, 0.05) is 26.6 Å².